The van der Waals surface area contributed by atoms with Crippen LogP contribution in [0.25, 0.3) is 0 Å². The number of nitrogens with one attached hydrogen (secondary N) is 1. The van der Waals surface area contributed by atoms with Crippen LogP contribution < -0.4 is 5.32 Å². The molecule has 1 nitrogen and oxygen atoms in total. The lowest BCUT2D eigenvalue weighted by Crippen LogP contribution is -2.05. The lowest BCUT2D eigenvalue weighted by Gasteiger charge is -2.02. The topological polar surface area (TPSA) is 12.0 Å². The van der Waals surface area contributed by atoms with Gasteiger partial charge in [-0.3, -0.25) is 0 Å². The van der Waals surface area contributed by atoms with E-state index in [1.165, 1.54) is 11.1 Å². The molecule has 1 aromatic rings. The van der Waals surface area contributed by atoms with Gasteiger partial charge < -0.3 is 5.32 Å². The molecule has 0 spiro atoms. The Morgan fingerprint density at radius 3 is 1.93 bits per heavy atom. The van der Waals surface area contributed by atoms with Crippen molar-refractivity contribution < 1.29 is 0 Å². The van der Waals surface area contributed by atoms with Crippen LogP contribution in [0.3, 0.4) is 0 Å². The van der Waals surface area contributed by atoms with Crippen molar-refractivity contribution in [3.8, 4) is 0 Å². The van der Waals surface area contributed by atoms with Crippen molar-refractivity contribution in [1.82, 2.24) is 5.32 Å². The Morgan fingerprint density at radius 2 is 1.50 bits per heavy atom. The van der Waals surface area contributed by atoms with Crippen molar-refractivity contribution in [3.05, 3.63) is 35.4 Å². The highest BCUT2D eigenvalue weighted by molar-refractivity contribution is 5.25. The number of benzene rings is 1. The molecule has 0 radical (unpaired) electrons. The maximum Gasteiger partial charge on any atom is 0.0205 e. The summed E-state index contributed by atoms with van der Waals surface area (Å²) < 4.78 is 0. The molecule has 1 heteroatoms. The summed E-state index contributed by atoms with van der Waals surface area (Å²) in [6, 6.07) is 8.41. The normalized spacial score (nSPS) is 7.86. The summed E-state index contributed by atoms with van der Waals surface area (Å²) in [7, 11) is 1.96. The number of aryl methyl sites for hydroxylation is 1. The standard InChI is InChI=1S/C9H13N.2C2H6/c1-8-5-3-4-6-9(8)7-10-2;2*1-2/h3-6,10H,7H2,1-2H3;2*1-2H3. The fraction of sp³-hybridized carbons (Fsp3) is 0.538. The average Bonchev–Trinajstić information content (AvgIpc) is 2.28. The largest absolute Gasteiger partial charge is 0.316 e. The fourth-order valence-corrected chi connectivity index (χ4v) is 0.999. The Morgan fingerprint density at radius 1 is 1.00 bits per heavy atom. The predicted molar refractivity (Wildman–Crippen MR) is 66.6 cm³/mol. The van der Waals surface area contributed by atoms with Crippen LogP contribution in [0.1, 0.15) is 38.8 Å². The zero-order valence-corrected chi connectivity index (χ0v) is 10.5. The van der Waals surface area contributed by atoms with Gasteiger partial charge in [0.1, 0.15) is 0 Å². The molecule has 0 aliphatic carbocycles. The zero-order chi connectivity index (χ0) is 11.4. The first kappa shape index (κ1) is 15.6. The van der Waals surface area contributed by atoms with E-state index in [2.05, 4.69) is 36.5 Å². The van der Waals surface area contributed by atoms with Crippen molar-refractivity contribution in [3.63, 3.8) is 0 Å². The molecule has 0 aliphatic heterocycles. The van der Waals surface area contributed by atoms with Crippen LogP contribution in [-0.4, -0.2) is 7.05 Å². The monoisotopic (exact) mass is 195 g/mol. The summed E-state index contributed by atoms with van der Waals surface area (Å²) in [5.41, 5.74) is 2.74. The van der Waals surface area contributed by atoms with Crippen molar-refractivity contribution in [2.45, 2.75) is 41.2 Å². The Balaban J connectivity index is 0. The summed E-state index contributed by atoms with van der Waals surface area (Å²) in [5.74, 6) is 0. The summed E-state index contributed by atoms with van der Waals surface area (Å²) in [6.45, 7) is 11.1. The molecular formula is C13H25N. The van der Waals surface area contributed by atoms with Crippen LogP contribution in [0, 0.1) is 6.92 Å². The molecule has 1 N–H and O–H groups in total. The minimum atomic E-state index is 0.965. The van der Waals surface area contributed by atoms with E-state index in [9.17, 15) is 0 Å². The Labute approximate surface area is 89.5 Å². The predicted octanol–water partition coefficient (Wildman–Crippen LogP) is 3.77. The van der Waals surface area contributed by atoms with E-state index < -0.39 is 0 Å². The Kier molecular flexibility index (Phi) is 13.6. The van der Waals surface area contributed by atoms with Crippen molar-refractivity contribution in [2.75, 3.05) is 7.05 Å². The molecule has 0 saturated carbocycles. The van der Waals surface area contributed by atoms with Gasteiger partial charge >= 0.3 is 0 Å². The van der Waals surface area contributed by atoms with Gasteiger partial charge in [0.2, 0.25) is 0 Å². The lowest BCUT2D eigenvalue weighted by molar-refractivity contribution is 0.812. The number of hydrogen-bond acceptors (Lipinski definition) is 1. The maximum atomic E-state index is 3.12. The quantitative estimate of drug-likeness (QED) is 0.757. The highest BCUT2D eigenvalue weighted by Gasteiger charge is 1.91. The zero-order valence-electron chi connectivity index (χ0n) is 10.5. The van der Waals surface area contributed by atoms with Gasteiger partial charge in [-0.15, -0.1) is 0 Å². The van der Waals surface area contributed by atoms with Gasteiger partial charge in [-0.25, -0.2) is 0 Å². The first-order valence-electron chi connectivity index (χ1n) is 5.53. The molecule has 0 unspecified atom stereocenters. The third-order valence-electron chi connectivity index (χ3n) is 1.63. The van der Waals surface area contributed by atoms with Gasteiger partial charge in [0.05, 0.1) is 0 Å². The highest BCUT2D eigenvalue weighted by atomic mass is 14.8. The summed E-state index contributed by atoms with van der Waals surface area (Å²) in [6.07, 6.45) is 0. The fourth-order valence-electron chi connectivity index (χ4n) is 0.999. The van der Waals surface area contributed by atoms with E-state index >= 15 is 0 Å². The summed E-state index contributed by atoms with van der Waals surface area (Å²) >= 11 is 0. The first-order chi connectivity index (χ1) is 6.84. The van der Waals surface area contributed by atoms with Crippen LogP contribution in [-0.2, 0) is 6.54 Å². The van der Waals surface area contributed by atoms with E-state index in [4.69, 9.17) is 0 Å². The van der Waals surface area contributed by atoms with E-state index in [-0.39, 0.29) is 0 Å². The van der Waals surface area contributed by atoms with Crippen LogP contribution in [0.15, 0.2) is 24.3 Å². The molecule has 1 rings (SSSR count). The highest BCUT2D eigenvalue weighted by Crippen LogP contribution is 2.05. The molecule has 0 bridgehead atoms. The van der Waals surface area contributed by atoms with Gasteiger partial charge in [-0.1, -0.05) is 52.0 Å². The SMILES string of the molecule is CC.CC.CNCc1ccccc1C. The van der Waals surface area contributed by atoms with Crippen LogP contribution in [0.2, 0.25) is 0 Å². The van der Waals surface area contributed by atoms with Gasteiger partial charge in [-0.2, -0.15) is 0 Å². The smallest absolute Gasteiger partial charge is 0.0205 e. The van der Waals surface area contributed by atoms with Crippen molar-refractivity contribution >= 4 is 0 Å². The van der Waals surface area contributed by atoms with Crippen LogP contribution >= 0.6 is 0 Å². The van der Waals surface area contributed by atoms with Gasteiger partial charge in [0.25, 0.3) is 0 Å². The second kappa shape index (κ2) is 12.2. The van der Waals surface area contributed by atoms with Gasteiger partial charge in [-0.05, 0) is 25.1 Å². The molecule has 0 aromatic heterocycles. The second-order valence-corrected chi connectivity index (χ2v) is 2.46. The minimum Gasteiger partial charge on any atom is -0.316 e. The van der Waals surface area contributed by atoms with Crippen molar-refractivity contribution in [1.29, 1.82) is 0 Å². The maximum absolute atomic E-state index is 3.12. The van der Waals surface area contributed by atoms with E-state index in [0.717, 1.165) is 6.54 Å². The molecule has 0 atom stereocenters. The van der Waals surface area contributed by atoms with Crippen LogP contribution in [0.4, 0.5) is 0 Å². The Hall–Kier alpha value is -0.820. The number of rotatable bonds is 2. The van der Waals surface area contributed by atoms with Gasteiger partial charge in [0, 0.05) is 6.54 Å². The molecule has 0 amide bonds. The average molecular weight is 195 g/mol. The molecule has 0 heterocycles. The van der Waals surface area contributed by atoms with E-state index in [1.54, 1.807) is 0 Å². The molecule has 0 aliphatic rings. The first-order valence-corrected chi connectivity index (χ1v) is 5.53. The number of hydrogen-bond donors (Lipinski definition) is 1. The van der Waals surface area contributed by atoms with E-state index in [0.29, 0.717) is 0 Å². The molecule has 82 valence electrons. The minimum absolute atomic E-state index is 0.965. The van der Waals surface area contributed by atoms with Crippen LogP contribution in [0.5, 0.6) is 0 Å². The molecular weight excluding hydrogens is 170 g/mol. The van der Waals surface area contributed by atoms with E-state index in [1.807, 2.05) is 34.7 Å². The third-order valence-corrected chi connectivity index (χ3v) is 1.63. The molecule has 0 fully saturated rings. The second-order valence-electron chi connectivity index (χ2n) is 2.46. The summed E-state index contributed by atoms with van der Waals surface area (Å²) in [5, 5.41) is 3.12. The molecule has 1 aromatic carbocycles. The molecule has 0 saturated heterocycles. The third kappa shape index (κ3) is 6.67. The van der Waals surface area contributed by atoms with Crippen molar-refractivity contribution in [2.24, 2.45) is 0 Å². The molecule has 14 heavy (non-hydrogen) atoms. The Bertz CT molecular complexity index is 206. The summed E-state index contributed by atoms with van der Waals surface area (Å²) in [4.78, 5) is 0. The lowest BCUT2D eigenvalue weighted by atomic mass is 10.1. The van der Waals surface area contributed by atoms with Gasteiger partial charge in [0.15, 0.2) is 0 Å².